The van der Waals surface area contributed by atoms with Crippen molar-refractivity contribution in [1.29, 1.82) is 0 Å². The zero-order valence-corrected chi connectivity index (χ0v) is 11.9. The highest BCUT2D eigenvalue weighted by molar-refractivity contribution is 7.09. The number of carboxylic acid groups (broad SMARTS) is 1. The molecule has 0 aliphatic rings. The molecule has 2 rings (SSSR count). The molecule has 0 aliphatic carbocycles. The smallest absolute Gasteiger partial charge is 0.337 e. The second-order valence-electron chi connectivity index (χ2n) is 4.57. The van der Waals surface area contributed by atoms with Gasteiger partial charge in [-0.05, 0) is 30.5 Å². The number of likely N-dealkylation sites (N-methyl/N-ethyl adjacent to an activating group) is 1. The molecule has 0 aliphatic heterocycles. The van der Waals surface area contributed by atoms with E-state index in [-0.39, 0.29) is 6.04 Å². The zero-order chi connectivity index (χ0) is 13.8. The van der Waals surface area contributed by atoms with Gasteiger partial charge in [0.2, 0.25) is 0 Å². The van der Waals surface area contributed by atoms with E-state index in [0.717, 1.165) is 12.1 Å². The van der Waals surface area contributed by atoms with E-state index >= 15 is 0 Å². The second kappa shape index (κ2) is 5.89. The minimum Gasteiger partial charge on any atom is -0.478 e. The molecule has 0 fully saturated rings. The highest BCUT2D eigenvalue weighted by Gasteiger charge is 2.17. The average molecular weight is 275 g/mol. The number of hydrogen-bond donors (Lipinski definition) is 1. The van der Waals surface area contributed by atoms with E-state index in [4.69, 9.17) is 0 Å². The third-order valence-electron chi connectivity index (χ3n) is 3.25. The van der Waals surface area contributed by atoms with Crippen molar-refractivity contribution in [1.82, 2.24) is 0 Å². The molecule has 1 aromatic carbocycles. The summed E-state index contributed by atoms with van der Waals surface area (Å²) in [7, 11) is 1.94. The first-order valence-corrected chi connectivity index (χ1v) is 7.05. The fourth-order valence-corrected chi connectivity index (χ4v) is 2.88. The predicted octanol–water partition coefficient (Wildman–Crippen LogP) is 3.51. The summed E-state index contributed by atoms with van der Waals surface area (Å²) >= 11 is 1.73. The number of thiophene rings is 1. The van der Waals surface area contributed by atoms with Crippen LogP contribution in [0.15, 0.2) is 41.8 Å². The van der Waals surface area contributed by atoms with Gasteiger partial charge in [-0.15, -0.1) is 11.3 Å². The standard InChI is InChI=1S/C15H17NO2S/c1-11(10-12-6-5-9-19-12)16(2)14-8-4-3-7-13(14)15(17)18/h3-9,11H,10H2,1-2H3,(H,17,18). The molecule has 1 atom stereocenters. The molecular formula is C15H17NO2S. The van der Waals surface area contributed by atoms with Gasteiger partial charge in [0.1, 0.15) is 0 Å². The molecule has 0 radical (unpaired) electrons. The molecule has 4 heteroatoms. The van der Waals surface area contributed by atoms with Gasteiger partial charge < -0.3 is 10.0 Å². The third-order valence-corrected chi connectivity index (χ3v) is 4.15. The fourth-order valence-electron chi connectivity index (χ4n) is 2.06. The Labute approximate surface area is 117 Å². The van der Waals surface area contributed by atoms with E-state index in [1.165, 1.54) is 4.88 Å². The number of para-hydroxylation sites is 1. The quantitative estimate of drug-likeness (QED) is 0.907. The van der Waals surface area contributed by atoms with Crippen LogP contribution in [0.3, 0.4) is 0 Å². The Morgan fingerprint density at radius 3 is 2.68 bits per heavy atom. The van der Waals surface area contributed by atoms with Crippen LogP contribution < -0.4 is 4.90 Å². The molecule has 3 nitrogen and oxygen atoms in total. The highest BCUT2D eigenvalue weighted by Crippen LogP contribution is 2.23. The van der Waals surface area contributed by atoms with Crippen molar-refractivity contribution in [2.24, 2.45) is 0 Å². The summed E-state index contributed by atoms with van der Waals surface area (Å²) in [6, 6.07) is 11.5. The largest absolute Gasteiger partial charge is 0.478 e. The number of carbonyl (C=O) groups is 1. The molecule has 0 saturated carbocycles. The number of carboxylic acids is 1. The molecule has 0 bridgehead atoms. The van der Waals surface area contributed by atoms with Crippen LogP contribution in [-0.4, -0.2) is 24.2 Å². The van der Waals surface area contributed by atoms with Crippen molar-refractivity contribution in [2.75, 3.05) is 11.9 Å². The topological polar surface area (TPSA) is 40.5 Å². The van der Waals surface area contributed by atoms with Gasteiger partial charge >= 0.3 is 5.97 Å². The van der Waals surface area contributed by atoms with E-state index in [9.17, 15) is 9.90 Å². The molecule has 2 aromatic rings. The van der Waals surface area contributed by atoms with E-state index < -0.39 is 5.97 Å². The van der Waals surface area contributed by atoms with Gasteiger partial charge in [0.05, 0.1) is 11.3 Å². The molecule has 1 N–H and O–H groups in total. The van der Waals surface area contributed by atoms with Gasteiger partial charge in [-0.3, -0.25) is 0 Å². The molecule has 0 spiro atoms. The maximum absolute atomic E-state index is 11.2. The lowest BCUT2D eigenvalue weighted by molar-refractivity contribution is 0.0697. The second-order valence-corrected chi connectivity index (χ2v) is 5.60. The number of aromatic carboxylic acids is 1. The van der Waals surface area contributed by atoms with Crippen LogP contribution in [0.4, 0.5) is 5.69 Å². The van der Waals surface area contributed by atoms with Gasteiger partial charge in [-0.2, -0.15) is 0 Å². The Morgan fingerprint density at radius 2 is 2.05 bits per heavy atom. The Balaban J connectivity index is 2.19. The van der Waals surface area contributed by atoms with Crippen LogP contribution in [0, 0.1) is 0 Å². The van der Waals surface area contributed by atoms with E-state index in [1.54, 1.807) is 23.5 Å². The maximum atomic E-state index is 11.2. The molecule has 0 saturated heterocycles. The summed E-state index contributed by atoms with van der Waals surface area (Å²) in [5, 5.41) is 11.3. The van der Waals surface area contributed by atoms with Gasteiger partial charge in [0.25, 0.3) is 0 Å². The third kappa shape index (κ3) is 3.15. The first-order chi connectivity index (χ1) is 9.09. The molecule has 100 valence electrons. The molecule has 1 heterocycles. The Bertz CT molecular complexity index is 551. The van der Waals surface area contributed by atoms with Crippen molar-refractivity contribution in [2.45, 2.75) is 19.4 Å². The first-order valence-electron chi connectivity index (χ1n) is 6.17. The summed E-state index contributed by atoms with van der Waals surface area (Å²) in [6.07, 6.45) is 0.919. The van der Waals surface area contributed by atoms with E-state index in [0.29, 0.717) is 5.56 Å². The lowest BCUT2D eigenvalue weighted by Crippen LogP contribution is -2.31. The summed E-state index contributed by atoms with van der Waals surface area (Å²) < 4.78 is 0. The van der Waals surface area contributed by atoms with E-state index in [2.05, 4.69) is 18.4 Å². The van der Waals surface area contributed by atoms with Gasteiger partial charge in [-0.25, -0.2) is 4.79 Å². The van der Waals surface area contributed by atoms with Crippen LogP contribution in [0.5, 0.6) is 0 Å². The Kier molecular flexibility index (Phi) is 4.22. The monoisotopic (exact) mass is 275 g/mol. The van der Waals surface area contributed by atoms with Crippen LogP contribution >= 0.6 is 11.3 Å². The molecule has 1 unspecified atom stereocenters. The van der Waals surface area contributed by atoms with Crippen molar-refractivity contribution in [3.63, 3.8) is 0 Å². The number of benzene rings is 1. The van der Waals surface area contributed by atoms with Crippen molar-refractivity contribution < 1.29 is 9.90 Å². The average Bonchev–Trinajstić information content (AvgIpc) is 2.90. The lowest BCUT2D eigenvalue weighted by Gasteiger charge is -2.28. The first kappa shape index (κ1) is 13.6. The van der Waals surface area contributed by atoms with Gasteiger partial charge in [-0.1, -0.05) is 18.2 Å². The number of anilines is 1. The van der Waals surface area contributed by atoms with Crippen molar-refractivity contribution in [3.05, 3.63) is 52.2 Å². The van der Waals surface area contributed by atoms with Gasteiger partial charge in [0, 0.05) is 24.4 Å². The molecule has 0 amide bonds. The van der Waals surface area contributed by atoms with Crippen LogP contribution in [0.25, 0.3) is 0 Å². The highest BCUT2D eigenvalue weighted by atomic mass is 32.1. The van der Waals surface area contributed by atoms with Crippen molar-refractivity contribution in [3.8, 4) is 0 Å². The Hall–Kier alpha value is -1.81. The molecular weight excluding hydrogens is 258 g/mol. The number of nitrogens with zero attached hydrogens (tertiary/aromatic N) is 1. The fraction of sp³-hybridized carbons (Fsp3) is 0.267. The van der Waals surface area contributed by atoms with Crippen LogP contribution in [0.2, 0.25) is 0 Å². The van der Waals surface area contributed by atoms with Crippen LogP contribution in [0.1, 0.15) is 22.2 Å². The van der Waals surface area contributed by atoms with Gasteiger partial charge in [0.15, 0.2) is 0 Å². The Morgan fingerprint density at radius 1 is 1.32 bits per heavy atom. The summed E-state index contributed by atoms with van der Waals surface area (Å²) in [4.78, 5) is 14.6. The maximum Gasteiger partial charge on any atom is 0.337 e. The minimum atomic E-state index is -0.884. The molecule has 1 aromatic heterocycles. The minimum absolute atomic E-state index is 0.249. The predicted molar refractivity (Wildman–Crippen MR) is 79.3 cm³/mol. The van der Waals surface area contributed by atoms with Crippen LogP contribution in [-0.2, 0) is 6.42 Å². The summed E-state index contributed by atoms with van der Waals surface area (Å²) in [5.41, 5.74) is 1.11. The molecule has 19 heavy (non-hydrogen) atoms. The lowest BCUT2D eigenvalue weighted by atomic mass is 10.1. The van der Waals surface area contributed by atoms with Crippen molar-refractivity contribution >= 4 is 23.0 Å². The summed E-state index contributed by atoms with van der Waals surface area (Å²) in [6.45, 7) is 2.11. The number of hydrogen-bond acceptors (Lipinski definition) is 3. The SMILES string of the molecule is CC(Cc1cccs1)N(C)c1ccccc1C(=O)O. The van der Waals surface area contributed by atoms with E-state index in [1.807, 2.05) is 30.1 Å². The summed E-state index contributed by atoms with van der Waals surface area (Å²) in [5.74, 6) is -0.884. The number of rotatable bonds is 5. The zero-order valence-electron chi connectivity index (χ0n) is 11.0. The normalized spacial score (nSPS) is 12.1.